The van der Waals surface area contributed by atoms with Crippen molar-refractivity contribution in [2.75, 3.05) is 5.32 Å². The van der Waals surface area contributed by atoms with Crippen molar-refractivity contribution in [3.8, 4) is 0 Å². The van der Waals surface area contributed by atoms with Gasteiger partial charge in [0.15, 0.2) is 0 Å². The molecule has 0 saturated heterocycles. The third-order valence-electron chi connectivity index (χ3n) is 3.38. The van der Waals surface area contributed by atoms with Gasteiger partial charge in [-0.3, -0.25) is 14.8 Å². The molecule has 128 valence electrons. The van der Waals surface area contributed by atoms with Gasteiger partial charge in [0.25, 0.3) is 5.91 Å². The van der Waals surface area contributed by atoms with Crippen molar-refractivity contribution in [2.24, 2.45) is 7.05 Å². The van der Waals surface area contributed by atoms with Gasteiger partial charge in [-0.15, -0.1) is 5.10 Å². The van der Waals surface area contributed by atoms with Crippen LogP contribution < -0.4 is 5.32 Å². The number of aromatic nitrogens is 5. The molecular weight excluding hydrogens is 331 g/mol. The summed E-state index contributed by atoms with van der Waals surface area (Å²) in [6.45, 7) is 0.271. The molecule has 3 rings (SSSR count). The lowest BCUT2D eigenvalue weighted by molar-refractivity contribution is 0.0692. The molecule has 0 unspecified atom stereocenters. The summed E-state index contributed by atoms with van der Waals surface area (Å²) in [7, 11) is 1.46. The lowest BCUT2D eigenvalue weighted by atomic mass is 10.2. The SMILES string of the molecule is Cn1ncc(C(=O)O)c1C(=O)Nc1ncn(Cc2cccc(F)c2)n1. The first-order valence-corrected chi connectivity index (χ1v) is 7.14. The Labute approximate surface area is 140 Å². The van der Waals surface area contributed by atoms with Gasteiger partial charge in [0.2, 0.25) is 5.95 Å². The normalized spacial score (nSPS) is 10.6. The Morgan fingerprint density at radius 1 is 1.36 bits per heavy atom. The van der Waals surface area contributed by atoms with E-state index < -0.39 is 11.9 Å². The van der Waals surface area contributed by atoms with Gasteiger partial charge < -0.3 is 5.11 Å². The lowest BCUT2D eigenvalue weighted by Crippen LogP contribution is -2.20. The average molecular weight is 344 g/mol. The Kier molecular flexibility index (Phi) is 4.25. The highest BCUT2D eigenvalue weighted by molar-refractivity contribution is 6.08. The van der Waals surface area contributed by atoms with Gasteiger partial charge in [0, 0.05) is 7.05 Å². The quantitative estimate of drug-likeness (QED) is 0.717. The number of aromatic carboxylic acids is 1. The molecule has 0 fully saturated rings. The molecule has 10 heteroatoms. The lowest BCUT2D eigenvalue weighted by Gasteiger charge is -2.03. The second-order valence-corrected chi connectivity index (χ2v) is 5.19. The van der Waals surface area contributed by atoms with Gasteiger partial charge in [0.1, 0.15) is 23.4 Å². The molecule has 0 spiro atoms. The van der Waals surface area contributed by atoms with Crippen LogP contribution in [-0.4, -0.2) is 41.5 Å². The molecule has 0 saturated carbocycles. The molecule has 0 atom stereocenters. The Morgan fingerprint density at radius 3 is 2.88 bits per heavy atom. The predicted octanol–water partition coefficient (Wildman–Crippen LogP) is 1.15. The van der Waals surface area contributed by atoms with Crippen molar-refractivity contribution < 1.29 is 19.1 Å². The number of hydrogen-bond donors (Lipinski definition) is 2. The molecule has 1 aromatic carbocycles. The number of amides is 1. The summed E-state index contributed by atoms with van der Waals surface area (Å²) in [5, 5.41) is 19.3. The number of nitrogens with zero attached hydrogens (tertiary/aromatic N) is 5. The molecule has 0 radical (unpaired) electrons. The highest BCUT2D eigenvalue weighted by atomic mass is 19.1. The predicted molar refractivity (Wildman–Crippen MR) is 83.6 cm³/mol. The summed E-state index contributed by atoms with van der Waals surface area (Å²) in [6, 6.07) is 6.02. The first-order chi connectivity index (χ1) is 11.9. The summed E-state index contributed by atoms with van der Waals surface area (Å²) in [5.74, 6) is -2.31. The van der Waals surface area contributed by atoms with Gasteiger partial charge in [-0.05, 0) is 17.7 Å². The number of aryl methyl sites for hydroxylation is 1. The maximum atomic E-state index is 13.2. The Morgan fingerprint density at radius 2 is 2.16 bits per heavy atom. The Bertz CT molecular complexity index is 948. The zero-order chi connectivity index (χ0) is 18.0. The summed E-state index contributed by atoms with van der Waals surface area (Å²) in [6.07, 6.45) is 2.47. The standard InChI is InChI=1S/C15H13FN6O3/c1-21-12(11(6-18-21)14(24)25)13(23)19-15-17-8-22(20-15)7-9-3-2-4-10(16)5-9/h2-6,8H,7H2,1H3,(H,24,25)(H,19,20,23). The number of carbonyl (C=O) groups excluding carboxylic acids is 1. The molecule has 0 aliphatic carbocycles. The van der Waals surface area contributed by atoms with E-state index in [1.165, 1.54) is 30.2 Å². The largest absolute Gasteiger partial charge is 0.478 e. The average Bonchev–Trinajstić information content (AvgIpc) is 3.14. The van der Waals surface area contributed by atoms with Crippen LogP contribution in [0.15, 0.2) is 36.8 Å². The maximum absolute atomic E-state index is 13.2. The molecular formula is C15H13FN6O3. The summed E-state index contributed by atoms with van der Waals surface area (Å²) in [5.41, 5.74) is 0.343. The Balaban J connectivity index is 1.74. The van der Waals surface area contributed by atoms with Crippen molar-refractivity contribution in [3.63, 3.8) is 0 Å². The summed E-state index contributed by atoms with van der Waals surface area (Å²) >= 11 is 0. The van der Waals surface area contributed by atoms with Gasteiger partial charge in [0.05, 0.1) is 12.7 Å². The summed E-state index contributed by atoms with van der Waals surface area (Å²) < 4.78 is 15.8. The van der Waals surface area contributed by atoms with E-state index in [4.69, 9.17) is 5.11 Å². The molecule has 0 aliphatic rings. The topological polar surface area (TPSA) is 115 Å². The fraction of sp³-hybridized carbons (Fsp3) is 0.133. The first-order valence-electron chi connectivity index (χ1n) is 7.14. The van der Waals surface area contributed by atoms with E-state index in [0.717, 1.165) is 10.9 Å². The minimum absolute atomic E-state index is 0.000980. The molecule has 1 amide bonds. The second kappa shape index (κ2) is 6.51. The van der Waals surface area contributed by atoms with E-state index >= 15 is 0 Å². The van der Waals surface area contributed by atoms with Gasteiger partial charge in [-0.1, -0.05) is 12.1 Å². The maximum Gasteiger partial charge on any atom is 0.339 e. The minimum atomic E-state index is -1.26. The molecule has 3 aromatic rings. The van der Waals surface area contributed by atoms with Crippen molar-refractivity contribution in [1.82, 2.24) is 24.5 Å². The second-order valence-electron chi connectivity index (χ2n) is 5.19. The number of anilines is 1. The van der Waals surface area contributed by atoms with E-state index in [2.05, 4.69) is 20.5 Å². The van der Waals surface area contributed by atoms with Crippen molar-refractivity contribution >= 4 is 17.8 Å². The van der Waals surface area contributed by atoms with Crippen LogP contribution in [0, 0.1) is 5.82 Å². The molecule has 25 heavy (non-hydrogen) atoms. The van der Waals surface area contributed by atoms with Crippen LogP contribution in [-0.2, 0) is 13.6 Å². The Hall–Kier alpha value is -3.56. The van der Waals surface area contributed by atoms with E-state index in [1.807, 2.05) is 0 Å². The zero-order valence-electron chi connectivity index (χ0n) is 13.0. The number of rotatable bonds is 5. The third-order valence-corrected chi connectivity index (χ3v) is 3.38. The first kappa shape index (κ1) is 16.3. The molecule has 2 N–H and O–H groups in total. The van der Waals surface area contributed by atoms with Crippen LogP contribution in [0.1, 0.15) is 26.4 Å². The van der Waals surface area contributed by atoms with E-state index in [-0.39, 0.29) is 29.6 Å². The number of halogens is 1. The smallest absolute Gasteiger partial charge is 0.339 e. The third kappa shape index (κ3) is 3.52. The van der Waals surface area contributed by atoms with Crippen LogP contribution >= 0.6 is 0 Å². The monoisotopic (exact) mass is 344 g/mol. The van der Waals surface area contributed by atoms with Crippen LogP contribution in [0.3, 0.4) is 0 Å². The fourth-order valence-corrected chi connectivity index (χ4v) is 2.27. The van der Waals surface area contributed by atoms with Gasteiger partial charge in [-0.25, -0.2) is 18.9 Å². The number of carboxylic acid groups (broad SMARTS) is 1. The van der Waals surface area contributed by atoms with E-state index in [9.17, 15) is 14.0 Å². The van der Waals surface area contributed by atoms with E-state index in [0.29, 0.717) is 5.56 Å². The van der Waals surface area contributed by atoms with Gasteiger partial charge >= 0.3 is 5.97 Å². The van der Waals surface area contributed by atoms with Crippen LogP contribution in [0.2, 0.25) is 0 Å². The summed E-state index contributed by atoms with van der Waals surface area (Å²) in [4.78, 5) is 27.3. The fourth-order valence-electron chi connectivity index (χ4n) is 2.27. The highest BCUT2D eigenvalue weighted by Gasteiger charge is 2.22. The van der Waals surface area contributed by atoms with Crippen molar-refractivity contribution in [3.05, 3.63) is 59.4 Å². The van der Waals surface area contributed by atoms with Crippen molar-refractivity contribution in [1.29, 1.82) is 0 Å². The number of carboxylic acids is 1. The molecule has 0 bridgehead atoms. The molecule has 2 aromatic heterocycles. The number of hydrogen-bond acceptors (Lipinski definition) is 5. The van der Waals surface area contributed by atoms with Gasteiger partial charge in [-0.2, -0.15) is 5.10 Å². The van der Waals surface area contributed by atoms with E-state index in [1.54, 1.807) is 12.1 Å². The number of nitrogens with one attached hydrogen (secondary N) is 1. The van der Waals surface area contributed by atoms with Crippen molar-refractivity contribution in [2.45, 2.75) is 6.54 Å². The molecule has 9 nitrogen and oxygen atoms in total. The zero-order valence-corrected chi connectivity index (χ0v) is 13.0. The molecule has 0 aliphatic heterocycles. The van der Waals surface area contributed by atoms with Crippen LogP contribution in [0.5, 0.6) is 0 Å². The van der Waals surface area contributed by atoms with Crippen LogP contribution in [0.25, 0.3) is 0 Å². The minimum Gasteiger partial charge on any atom is -0.478 e. The van der Waals surface area contributed by atoms with Crippen LogP contribution in [0.4, 0.5) is 10.3 Å². The number of carbonyl (C=O) groups is 2. The molecule has 2 heterocycles. The highest BCUT2D eigenvalue weighted by Crippen LogP contribution is 2.11. The number of benzene rings is 1.